The van der Waals surface area contributed by atoms with E-state index in [2.05, 4.69) is 33.4 Å². The lowest BCUT2D eigenvalue weighted by atomic mass is 10.0. The van der Waals surface area contributed by atoms with E-state index in [1.54, 1.807) is 18.3 Å². The van der Waals surface area contributed by atoms with Crippen LogP contribution >= 0.6 is 15.9 Å². The molecule has 4 nitrogen and oxygen atoms in total. The lowest BCUT2D eigenvalue weighted by Gasteiger charge is -2.15. The van der Waals surface area contributed by atoms with Crippen LogP contribution in [0.5, 0.6) is 0 Å². The highest BCUT2D eigenvalue weighted by Gasteiger charge is 2.18. The van der Waals surface area contributed by atoms with E-state index in [4.69, 9.17) is 5.84 Å². The van der Waals surface area contributed by atoms with Gasteiger partial charge in [-0.25, -0.2) is 9.82 Å². The van der Waals surface area contributed by atoms with Crippen molar-refractivity contribution >= 4 is 15.9 Å². The Kier molecular flexibility index (Phi) is 4.68. The molecule has 19 heavy (non-hydrogen) atoms. The van der Waals surface area contributed by atoms with E-state index in [1.165, 1.54) is 6.07 Å². The summed E-state index contributed by atoms with van der Waals surface area (Å²) in [6, 6.07) is 4.38. The minimum Gasteiger partial charge on any atom is -0.272 e. The molecule has 0 aliphatic heterocycles. The summed E-state index contributed by atoms with van der Waals surface area (Å²) in [4.78, 5) is 0. The zero-order chi connectivity index (χ0) is 13.8. The van der Waals surface area contributed by atoms with E-state index < -0.39 is 6.04 Å². The zero-order valence-corrected chi connectivity index (χ0v) is 12.2. The molecular weight excluding hydrogens is 311 g/mol. The molecule has 6 heteroatoms. The molecule has 0 saturated carbocycles. The van der Waals surface area contributed by atoms with Crippen LogP contribution in [-0.2, 0) is 6.54 Å². The monoisotopic (exact) mass is 326 g/mol. The van der Waals surface area contributed by atoms with Crippen LogP contribution in [0.25, 0.3) is 0 Å². The summed E-state index contributed by atoms with van der Waals surface area (Å²) in [7, 11) is 0. The number of rotatable bonds is 5. The molecule has 1 aromatic carbocycles. The maximum Gasteiger partial charge on any atom is 0.128 e. The Morgan fingerprint density at radius 3 is 3.00 bits per heavy atom. The van der Waals surface area contributed by atoms with E-state index in [1.807, 2.05) is 10.9 Å². The third-order valence-corrected chi connectivity index (χ3v) is 3.37. The summed E-state index contributed by atoms with van der Waals surface area (Å²) < 4.78 is 16.5. The number of halogens is 2. The van der Waals surface area contributed by atoms with Gasteiger partial charge in [0.05, 0.1) is 12.2 Å². The number of hydrazine groups is 1. The molecule has 1 atom stereocenters. The molecular formula is C13H16BrFN4. The Morgan fingerprint density at radius 1 is 1.53 bits per heavy atom. The Labute approximate surface area is 119 Å². The van der Waals surface area contributed by atoms with Crippen molar-refractivity contribution in [1.82, 2.24) is 15.2 Å². The molecule has 2 rings (SSSR count). The highest BCUT2D eigenvalue weighted by atomic mass is 79.9. The van der Waals surface area contributed by atoms with Gasteiger partial charge in [-0.05, 0) is 24.6 Å². The summed E-state index contributed by atoms with van der Waals surface area (Å²) in [5.41, 5.74) is 3.98. The third-order valence-electron chi connectivity index (χ3n) is 2.87. The average Bonchev–Trinajstić information content (AvgIpc) is 2.83. The highest BCUT2D eigenvalue weighted by molar-refractivity contribution is 9.10. The van der Waals surface area contributed by atoms with Crippen molar-refractivity contribution in [3.63, 3.8) is 0 Å². The summed E-state index contributed by atoms with van der Waals surface area (Å²) in [6.45, 7) is 2.91. The second-order valence-corrected chi connectivity index (χ2v) is 5.22. The predicted molar refractivity (Wildman–Crippen MR) is 75.8 cm³/mol. The van der Waals surface area contributed by atoms with E-state index in [-0.39, 0.29) is 5.82 Å². The number of hydrogen-bond acceptors (Lipinski definition) is 3. The van der Waals surface area contributed by atoms with Crippen LogP contribution in [0, 0.1) is 5.82 Å². The molecule has 0 amide bonds. The number of aromatic nitrogens is 2. The van der Waals surface area contributed by atoms with Crippen molar-refractivity contribution in [2.45, 2.75) is 25.9 Å². The smallest absolute Gasteiger partial charge is 0.128 e. The van der Waals surface area contributed by atoms with Crippen molar-refractivity contribution in [3.8, 4) is 0 Å². The standard InChI is InChI=1S/C13H16BrFN4/c1-2-5-19-8-9(7-17-19)13(18-16)11-6-10(14)3-4-12(11)15/h3-4,6-8,13,18H,2,5,16H2,1H3. The van der Waals surface area contributed by atoms with Crippen LogP contribution in [0.4, 0.5) is 4.39 Å². The van der Waals surface area contributed by atoms with Gasteiger partial charge in [0, 0.05) is 28.3 Å². The molecule has 1 heterocycles. The normalized spacial score (nSPS) is 12.6. The molecule has 0 bridgehead atoms. The number of hydrogen-bond donors (Lipinski definition) is 2. The maximum absolute atomic E-state index is 13.9. The van der Waals surface area contributed by atoms with Crippen LogP contribution in [0.3, 0.4) is 0 Å². The van der Waals surface area contributed by atoms with Crippen molar-refractivity contribution in [2.24, 2.45) is 5.84 Å². The summed E-state index contributed by atoms with van der Waals surface area (Å²) in [5, 5.41) is 4.24. The number of aryl methyl sites for hydroxylation is 1. The van der Waals surface area contributed by atoms with Gasteiger partial charge in [-0.2, -0.15) is 5.10 Å². The summed E-state index contributed by atoms with van der Waals surface area (Å²) in [5.74, 6) is 5.27. The van der Waals surface area contributed by atoms with E-state index >= 15 is 0 Å². The fraction of sp³-hybridized carbons (Fsp3) is 0.308. The van der Waals surface area contributed by atoms with Crippen LogP contribution in [0.1, 0.15) is 30.5 Å². The van der Waals surface area contributed by atoms with Gasteiger partial charge in [-0.3, -0.25) is 10.5 Å². The molecule has 1 unspecified atom stereocenters. The molecule has 0 fully saturated rings. The largest absolute Gasteiger partial charge is 0.272 e. The zero-order valence-electron chi connectivity index (χ0n) is 10.6. The minimum absolute atomic E-state index is 0.297. The van der Waals surface area contributed by atoms with Crippen LogP contribution in [-0.4, -0.2) is 9.78 Å². The molecule has 2 aromatic rings. The third kappa shape index (κ3) is 3.20. The average molecular weight is 327 g/mol. The Morgan fingerprint density at radius 2 is 2.32 bits per heavy atom. The van der Waals surface area contributed by atoms with Crippen molar-refractivity contribution < 1.29 is 4.39 Å². The molecule has 0 aliphatic carbocycles. The SMILES string of the molecule is CCCn1cc(C(NN)c2cc(Br)ccc2F)cn1. The number of nitrogens with one attached hydrogen (secondary N) is 1. The first kappa shape index (κ1) is 14.2. The Bertz CT molecular complexity index is 555. The first-order chi connectivity index (χ1) is 9.15. The second-order valence-electron chi connectivity index (χ2n) is 4.30. The van der Waals surface area contributed by atoms with Gasteiger partial charge in [0.1, 0.15) is 5.82 Å². The van der Waals surface area contributed by atoms with Crippen LogP contribution in [0.2, 0.25) is 0 Å². The van der Waals surface area contributed by atoms with E-state index in [9.17, 15) is 4.39 Å². The fourth-order valence-corrected chi connectivity index (χ4v) is 2.36. The lowest BCUT2D eigenvalue weighted by Crippen LogP contribution is -2.29. The van der Waals surface area contributed by atoms with Crippen molar-refractivity contribution in [1.29, 1.82) is 0 Å². The van der Waals surface area contributed by atoms with Crippen molar-refractivity contribution in [3.05, 3.63) is 52.0 Å². The number of nitrogens with zero attached hydrogens (tertiary/aromatic N) is 2. The first-order valence-corrected chi connectivity index (χ1v) is 6.88. The molecule has 1 aromatic heterocycles. The second kappa shape index (κ2) is 6.27. The summed E-state index contributed by atoms with van der Waals surface area (Å²) >= 11 is 3.34. The van der Waals surface area contributed by atoms with Crippen molar-refractivity contribution in [2.75, 3.05) is 0 Å². The number of nitrogens with two attached hydrogens (primary N) is 1. The minimum atomic E-state index is -0.414. The van der Waals surface area contributed by atoms with Gasteiger partial charge >= 0.3 is 0 Å². The topological polar surface area (TPSA) is 55.9 Å². The van der Waals surface area contributed by atoms with E-state index in [0.717, 1.165) is 23.0 Å². The van der Waals surface area contributed by atoms with Gasteiger partial charge in [0.15, 0.2) is 0 Å². The van der Waals surface area contributed by atoms with Crippen LogP contribution < -0.4 is 11.3 Å². The lowest BCUT2D eigenvalue weighted by molar-refractivity contribution is 0.558. The Balaban J connectivity index is 2.35. The van der Waals surface area contributed by atoms with Gasteiger partial charge in [-0.15, -0.1) is 0 Å². The number of benzene rings is 1. The highest BCUT2D eigenvalue weighted by Crippen LogP contribution is 2.26. The molecule has 102 valence electrons. The quantitative estimate of drug-likeness (QED) is 0.656. The molecule has 0 radical (unpaired) electrons. The fourth-order valence-electron chi connectivity index (χ4n) is 1.98. The molecule has 0 saturated heterocycles. The molecule has 0 aliphatic rings. The van der Waals surface area contributed by atoms with Gasteiger partial charge in [-0.1, -0.05) is 22.9 Å². The molecule has 0 spiro atoms. The Hall–Kier alpha value is -1.24. The molecule has 3 N–H and O–H groups in total. The van der Waals surface area contributed by atoms with Gasteiger partial charge in [0.2, 0.25) is 0 Å². The first-order valence-electron chi connectivity index (χ1n) is 6.09. The van der Waals surface area contributed by atoms with Crippen LogP contribution in [0.15, 0.2) is 35.1 Å². The van der Waals surface area contributed by atoms with Gasteiger partial charge < -0.3 is 0 Å². The van der Waals surface area contributed by atoms with Gasteiger partial charge in [0.25, 0.3) is 0 Å². The maximum atomic E-state index is 13.9. The summed E-state index contributed by atoms with van der Waals surface area (Å²) in [6.07, 6.45) is 4.59. The predicted octanol–water partition coefficient (Wildman–Crippen LogP) is 2.75. The van der Waals surface area contributed by atoms with E-state index in [0.29, 0.717) is 5.56 Å².